The predicted molar refractivity (Wildman–Crippen MR) is 134 cm³/mol. The fourth-order valence-electron chi connectivity index (χ4n) is 4.59. The van der Waals surface area contributed by atoms with Crippen LogP contribution < -0.4 is 0 Å². The van der Waals surface area contributed by atoms with Crippen LogP contribution in [0.3, 0.4) is 0 Å². The fraction of sp³-hybridized carbons (Fsp3) is 0.222. The summed E-state index contributed by atoms with van der Waals surface area (Å²) in [7, 11) is 0. The number of likely N-dealkylation sites (tertiary alicyclic amines) is 1. The highest BCUT2D eigenvalue weighted by Crippen LogP contribution is 2.31. The lowest BCUT2D eigenvalue weighted by molar-refractivity contribution is -0.129. The third-order valence-corrected chi connectivity index (χ3v) is 7.30. The zero-order valence-electron chi connectivity index (χ0n) is 18.6. The van der Waals surface area contributed by atoms with Crippen LogP contribution in [-0.2, 0) is 4.79 Å². The number of oxazole rings is 1. The number of hydrogen-bond acceptors (Lipinski definition) is 5. The minimum absolute atomic E-state index is 0.146. The largest absolute Gasteiger partial charge is 0.440 e. The molecule has 1 amide bonds. The Morgan fingerprint density at radius 2 is 1.59 bits per heavy atom. The lowest BCUT2D eigenvalue weighted by Crippen LogP contribution is -2.39. The van der Waals surface area contributed by atoms with E-state index in [1.807, 2.05) is 65.6 Å². The summed E-state index contributed by atoms with van der Waals surface area (Å²) in [5.74, 6) is 1.56. The Morgan fingerprint density at radius 1 is 0.882 bits per heavy atom. The number of carbonyl (C=O) groups excluding carboxylic acids is 1. The smallest absolute Gasteiger partial charge is 0.233 e. The first-order chi connectivity index (χ1) is 16.8. The second kappa shape index (κ2) is 8.99. The number of aromatic nitrogens is 3. The summed E-state index contributed by atoms with van der Waals surface area (Å²) < 4.78 is 8.09. The van der Waals surface area contributed by atoms with E-state index >= 15 is 0 Å². The molecule has 170 valence electrons. The number of benzene rings is 3. The van der Waals surface area contributed by atoms with Gasteiger partial charge in [-0.05, 0) is 49.2 Å². The van der Waals surface area contributed by atoms with Crippen molar-refractivity contribution >= 4 is 39.8 Å². The van der Waals surface area contributed by atoms with Crippen LogP contribution in [0.15, 0.2) is 88.4 Å². The van der Waals surface area contributed by atoms with Gasteiger partial charge < -0.3 is 9.32 Å². The number of carbonyl (C=O) groups is 1. The van der Waals surface area contributed by atoms with E-state index in [4.69, 9.17) is 9.40 Å². The van der Waals surface area contributed by atoms with Crippen molar-refractivity contribution in [3.63, 3.8) is 0 Å². The van der Waals surface area contributed by atoms with E-state index in [-0.39, 0.29) is 11.8 Å². The van der Waals surface area contributed by atoms with Gasteiger partial charge in [-0.25, -0.2) is 9.97 Å². The average molecular weight is 469 g/mol. The first-order valence-electron chi connectivity index (χ1n) is 11.6. The molecule has 0 spiro atoms. The Bertz CT molecular complexity index is 1420. The first kappa shape index (κ1) is 21.0. The quantitative estimate of drug-likeness (QED) is 0.311. The van der Waals surface area contributed by atoms with E-state index < -0.39 is 0 Å². The molecule has 0 aliphatic carbocycles. The highest BCUT2D eigenvalue weighted by Gasteiger charge is 2.27. The van der Waals surface area contributed by atoms with Crippen LogP contribution in [0.4, 0.5) is 0 Å². The van der Waals surface area contributed by atoms with Crippen LogP contribution in [0.25, 0.3) is 27.8 Å². The molecule has 0 radical (unpaired) electrons. The monoisotopic (exact) mass is 468 g/mol. The second-order valence-electron chi connectivity index (χ2n) is 8.52. The molecule has 6 nitrogen and oxygen atoms in total. The molecule has 3 heterocycles. The van der Waals surface area contributed by atoms with Gasteiger partial charge in [0.05, 0.1) is 16.8 Å². The number of nitrogens with zero attached hydrogens (tertiary/aromatic N) is 4. The third-order valence-electron chi connectivity index (χ3n) is 6.38. The Kier molecular flexibility index (Phi) is 5.55. The van der Waals surface area contributed by atoms with E-state index in [0.29, 0.717) is 5.75 Å². The summed E-state index contributed by atoms with van der Waals surface area (Å²) in [6.45, 7) is 1.44. The first-order valence-corrected chi connectivity index (χ1v) is 12.5. The molecule has 3 aromatic carbocycles. The number of imidazole rings is 1. The maximum atomic E-state index is 13.0. The minimum Gasteiger partial charge on any atom is -0.440 e. The molecule has 1 fully saturated rings. The molecule has 0 atom stereocenters. The maximum Gasteiger partial charge on any atom is 0.233 e. The maximum absolute atomic E-state index is 13.0. The third kappa shape index (κ3) is 3.96. The van der Waals surface area contributed by atoms with Crippen molar-refractivity contribution in [2.45, 2.75) is 23.9 Å². The number of para-hydroxylation sites is 5. The van der Waals surface area contributed by atoms with Gasteiger partial charge in [-0.1, -0.05) is 54.2 Å². The summed E-state index contributed by atoms with van der Waals surface area (Å²) in [6, 6.07) is 26.1. The highest BCUT2D eigenvalue weighted by molar-refractivity contribution is 7.99. The molecular weight excluding hydrogens is 444 g/mol. The fourth-order valence-corrected chi connectivity index (χ4v) is 5.52. The standard InChI is InChI=1S/C27H24N4O2S/c32-25(30-16-14-19(15-17-30)26-28-22-11-5-7-13-24(22)33-26)18-34-27-29-21-10-4-6-12-23(21)31(27)20-8-2-1-3-9-20/h1-13,19H,14-18H2. The number of piperidine rings is 1. The summed E-state index contributed by atoms with van der Waals surface area (Å²) >= 11 is 1.50. The van der Waals surface area contributed by atoms with Crippen molar-refractivity contribution in [2.75, 3.05) is 18.8 Å². The summed E-state index contributed by atoms with van der Waals surface area (Å²) in [6.07, 6.45) is 1.73. The van der Waals surface area contributed by atoms with E-state index in [9.17, 15) is 4.79 Å². The number of fused-ring (bicyclic) bond motifs is 2. The molecule has 0 N–H and O–H groups in total. The Morgan fingerprint density at radius 3 is 2.38 bits per heavy atom. The zero-order chi connectivity index (χ0) is 22.9. The normalized spacial score (nSPS) is 14.8. The van der Waals surface area contributed by atoms with Crippen molar-refractivity contribution in [2.24, 2.45) is 0 Å². The van der Waals surface area contributed by atoms with Gasteiger partial charge in [-0.15, -0.1) is 0 Å². The molecule has 34 heavy (non-hydrogen) atoms. The molecule has 2 aromatic heterocycles. The van der Waals surface area contributed by atoms with Gasteiger partial charge in [0.2, 0.25) is 5.91 Å². The van der Waals surface area contributed by atoms with Crippen LogP contribution in [-0.4, -0.2) is 44.2 Å². The van der Waals surface area contributed by atoms with Crippen molar-refractivity contribution in [3.8, 4) is 5.69 Å². The molecule has 7 heteroatoms. The van der Waals surface area contributed by atoms with Crippen LogP contribution >= 0.6 is 11.8 Å². The van der Waals surface area contributed by atoms with Crippen LogP contribution in [0.5, 0.6) is 0 Å². The Labute approximate surface area is 201 Å². The highest BCUT2D eigenvalue weighted by atomic mass is 32.2. The molecular formula is C27H24N4O2S. The molecule has 1 aliphatic heterocycles. The van der Waals surface area contributed by atoms with Gasteiger partial charge in [0.25, 0.3) is 0 Å². The van der Waals surface area contributed by atoms with Crippen LogP contribution in [0.2, 0.25) is 0 Å². The lowest BCUT2D eigenvalue weighted by Gasteiger charge is -2.30. The van der Waals surface area contributed by atoms with Crippen molar-refractivity contribution in [3.05, 3.63) is 84.8 Å². The molecule has 6 rings (SSSR count). The summed E-state index contributed by atoms with van der Waals surface area (Å²) in [4.78, 5) is 24.5. The molecule has 1 saturated heterocycles. The topological polar surface area (TPSA) is 64.2 Å². The number of rotatable bonds is 5. The van der Waals surface area contributed by atoms with Gasteiger partial charge >= 0.3 is 0 Å². The number of amides is 1. The van der Waals surface area contributed by atoms with E-state index in [2.05, 4.69) is 27.8 Å². The minimum atomic E-state index is 0.146. The second-order valence-corrected chi connectivity index (χ2v) is 9.46. The zero-order valence-corrected chi connectivity index (χ0v) is 19.4. The van der Waals surface area contributed by atoms with Gasteiger partial charge in [0, 0.05) is 24.7 Å². The molecule has 1 aliphatic rings. The number of hydrogen-bond donors (Lipinski definition) is 0. The van der Waals surface area contributed by atoms with Crippen molar-refractivity contribution in [1.82, 2.24) is 19.4 Å². The molecule has 5 aromatic rings. The molecule has 0 unspecified atom stereocenters. The summed E-state index contributed by atoms with van der Waals surface area (Å²) in [5.41, 5.74) is 4.75. The van der Waals surface area contributed by atoms with Crippen molar-refractivity contribution < 1.29 is 9.21 Å². The van der Waals surface area contributed by atoms with E-state index in [1.165, 1.54) is 11.8 Å². The van der Waals surface area contributed by atoms with E-state index in [0.717, 1.165) is 64.8 Å². The van der Waals surface area contributed by atoms with Crippen LogP contribution in [0.1, 0.15) is 24.7 Å². The van der Waals surface area contributed by atoms with Crippen LogP contribution in [0, 0.1) is 0 Å². The van der Waals surface area contributed by atoms with Crippen molar-refractivity contribution in [1.29, 1.82) is 0 Å². The molecule has 0 bridgehead atoms. The van der Waals surface area contributed by atoms with E-state index in [1.54, 1.807) is 0 Å². The Balaban J connectivity index is 1.13. The number of thioether (sulfide) groups is 1. The van der Waals surface area contributed by atoms with Gasteiger partial charge in [-0.3, -0.25) is 9.36 Å². The molecule has 0 saturated carbocycles. The predicted octanol–water partition coefficient (Wildman–Crippen LogP) is 5.67. The van der Waals surface area contributed by atoms with Gasteiger partial charge in [0.1, 0.15) is 5.52 Å². The average Bonchev–Trinajstić information content (AvgIpc) is 3.49. The SMILES string of the molecule is O=C(CSc1nc2ccccc2n1-c1ccccc1)N1CCC(c2nc3ccccc3o2)CC1. The lowest BCUT2D eigenvalue weighted by atomic mass is 9.97. The van der Waals surface area contributed by atoms with Gasteiger partial charge in [-0.2, -0.15) is 0 Å². The summed E-state index contributed by atoms with van der Waals surface area (Å²) in [5, 5.41) is 0.835. The van der Waals surface area contributed by atoms with Gasteiger partial charge in [0.15, 0.2) is 16.6 Å². The Hall–Kier alpha value is -3.58.